The molecule has 0 aliphatic rings. The van der Waals surface area contributed by atoms with Gasteiger partial charge >= 0.3 is 0 Å². The average Bonchev–Trinajstić information content (AvgIpc) is 3.22. The van der Waals surface area contributed by atoms with Crippen LogP contribution in [0.5, 0.6) is 5.75 Å². The molecule has 2 aromatic heterocycles. The van der Waals surface area contributed by atoms with E-state index in [-0.39, 0.29) is 11.6 Å². The van der Waals surface area contributed by atoms with Crippen molar-refractivity contribution in [3.63, 3.8) is 0 Å². The maximum Gasteiger partial charge on any atom is 0.252 e. The Kier molecular flexibility index (Phi) is 4.84. The van der Waals surface area contributed by atoms with E-state index in [1.807, 2.05) is 25.1 Å². The average molecular weight is 409 g/mol. The number of primary amides is 1. The van der Waals surface area contributed by atoms with Crippen LogP contribution in [-0.2, 0) is 6.42 Å². The summed E-state index contributed by atoms with van der Waals surface area (Å²) >= 11 is 1.65. The van der Waals surface area contributed by atoms with Crippen molar-refractivity contribution in [3.8, 4) is 11.4 Å². The molecule has 0 atom stereocenters. The van der Waals surface area contributed by atoms with Gasteiger partial charge in [0.05, 0.1) is 34.4 Å². The third kappa shape index (κ3) is 3.38. The van der Waals surface area contributed by atoms with Crippen LogP contribution in [0.3, 0.4) is 0 Å². The van der Waals surface area contributed by atoms with Gasteiger partial charge in [0, 0.05) is 11.3 Å². The molecule has 0 aliphatic carbocycles. The number of hydrogen-bond donors (Lipinski definition) is 1. The molecule has 5 nitrogen and oxygen atoms in total. The fourth-order valence-corrected chi connectivity index (χ4v) is 4.79. The monoisotopic (exact) mass is 409 g/mol. The number of carbonyl (C=O) groups is 1. The van der Waals surface area contributed by atoms with Crippen molar-refractivity contribution in [2.75, 3.05) is 7.11 Å². The van der Waals surface area contributed by atoms with Gasteiger partial charge in [-0.15, -0.1) is 11.3 Å². The fourth-order valence-electron chi connectivity index (χ4n) is 3.60. The largest absolute Gasteiger partial charge is 0.494 e. The predicted octanol–water partition coefficient (Wildman–Crippen LogP) is 4.54. The molecule has 0 radical (unpaired) electrons. The number of benzene rings is 2. The summed E-state index contributed by atoms with van der Waals surface area (Å²) < 4.78 is 21.6. The highest BCUT2D eigenvalue weighted by molar-refractivity contribution is 7.19. The molecule has 0 unspecified atom stereocenters. The molecule has 0 bridgehead atoms. The first-order valence-electron chi connectivity index (χ1n) is 9.09. The number of aryl methyl sites for hydroxylation is 1. The van der Waals surface area contributed by atoms with Gasteiger partial charge < -0.3 is 10.5 Å². The molecule has 0 saturated carbocycles. The number of hydrogen-bond acceptors (Lipinski definition) is 4. The van der Waals surface area contributed by atoms with Gasteiger partial charge in [-0.2, -0.15) is 5.10 Å². The number of nitrogens with zero attached hydrogens (tertiary/aromatic N) is 2. The maximum atomic E-state index is 13.7. The SMILES string of the molecule is COc1cc(Cc2cc3cccc(-n4nc(C)c(C(N)=O)c4C)c3s2)ccc1F. The molecule has 0 saturated heterocycles. The number of amides is 1. The number of ether oxygens (including phenoxy) is 1. The van der Waals surface area contributed by atoms with Crippen LogP contribution in [0.2, 0.25) is 0 Å². The van der Waals surface area contributed by atoms with Gasteiger partial charge in [0.2, 0.25) is 0 Å². The first-order valence-corrected chi connectivity index (χ1v) is 9.91. The summed E-state index contributed by atoms with van der Waals surface area (Å²) in [5.74, 6) is -0.605. The molecule has 0 aliphatic heterocycles. The molecule has 29 heavy (non-hydrogen) atoms. The Morgan fingerprint density at radius 3 is 2.72 bits per heavy atom. The van der Waals surface area contributed by atoms with E-state index in [9.17, 15) is 9.18 Å². The van der Waals surface area contributed by atoms with E-state index >= 15 is 0 Å². The summed E-state index contributed by atoms with van der Waals surface area (Å²) in [6.07, 6.45) is 0.666. The number of rotatable bonds is 5. The van der Waals surface area contributed by atoms with Gasteiger partial charge in [0.15, 0.2) is 11.6 Å². The molecule has 4 rings (SSSR count). The minimum atomic E-state index is -0.476. The zero-order valence-electron chi connectivity index (χ0n) is 16.3. The van der Waals surface area contributed by atoms with E-state index in [1.165, 1.54) is 13.2 Å². The zero-order chi connectivity index (χ0) is 20.7. The fraction of sp³-hybridized carbons (Fsp3) is 0.182. The van der Waals surface area contributed by atoms with Crippen molar-refractivity contribution in [3.05, 3.63) is 75.7 Å². The van der Waals surface area contributed by atoms with Gasteiger partial charge in [-0.25, -0.2) is 9.07 Å². The second kappa shape index (κ2) is 7.33. The molecule has 148 valence electrons. The van der Waals surface area contributed by atoms with Crippen LogP contribution in [0.25, 0.3) is 15.8 Å². The Morgan fingerprint density at radius 1 is 1.24 bits per heavy atom. The summed E-state index contributed by atoms with van der Waals surface area (Å²) in [4.78, 5) is 12.9. The Bertz CT molecular complexity index is 1240. The van der Waals surface area contributed by atoms with Crippen molar-refractivity contribution in [1.82, 2.24) is 9.78 Å². The maximum absolute atomic E-state index is 13.7. The highest BCUT2D eigenvalue weighted by atomic mass is 32.1. The molecule has 4 aromatic rings. The van der Waals surface area contributed by atoms with Gasteiger partial charge in [0.25, 0.3) is 5.91 Å². The van der Waals surface area contributed by atoms with Gasteiger partial charge in [-0.05, 0) is 49.1 Å². The minimum absolute atomic E-state index is 0.242. The molecule has 0 fully saturated rings. The molecule has 2 heterocycles. The summed E-state index contributed by atoms with van der Waals surface area (Å²) in [5, 5.41) is 5.63. The summed E-state index contributed by atoms with van der Waals surface area (Å²) in [6.45, 7) is 3.63. The first kappa shape index (κ1) is 19.1. The molecule has 0 spiro atoms. The van der Waals surface area contributed by atoms with Crippen molar-refractivity contribution in [1.29, 1.82) is 0 Å². The van der Waals surface area contributed by atoms with Crippen LogP contribution < -0.4 is 10.5 Å². The lowest BCUT2D eigenvalue weighted by atomic mass is 10.1. The van der Waals surface area contributed by atoms with Crippen molar-refractivity contribution in [2.24, 2.45) is 5.73 Å². The Balaban J connectivity index is 1.77. The van der Waals surface area contributed by atoms with Crippen molar-refractivity contribution < 1.29 is 13.9 Å². The zero-order valence-corrected chi connectivity index (χ0v) is 17.1. The van der Waals surface area contributed by atoms with Crippen LogP contribution in [0.15, 0.2) is 42.5 Å². The molecule has 1 amide bonds. The quantitative estimate of drug-likeness (QED) is 0.526. The number of methoxy groups -OCH3 is 1. The normalized spacial score (nSPS) is 11.2. The Morgan fingerprint density at radius 2 is 2.03 bits per heavy atom. The lowest BCUT2D eigenvalue weighted by Crippen LogP contribution is -2.13. The second-order valence-electron chi connectivity index (χ2n) is 6.88. The standard InChI is InChI=1S/C22H20FN3O2S/c1-12-20(22(24)27)13(2)26(25-12)18-6-4-5-15-11-16(29-21(15)18)9-14-7-8-17(23)19(10-14)28-3/h4-8,10-11H,9H2,1-3H3,(H2,24,27). The lowest BCUT2D eigenvalue weighted by molar-refractivity contribution is 0.0999. The minimum Gasteiger partial charge on any atom is -0.494 e. The van der Waals surface area contributed by atoms with Gasteiger partial charge in [-0.1, -0.05) is 18.2 Å². The van der Waals surface area contributed by atoms with Gasteiger partial charge in [0.1, 0.15) is 0 Å². The topological polar surface area (TPSA) is 70.1 Å². The van der Waals surface area contributed by atoms with Crippen molar-refractivity contribution >= 4 is 27.3 Å². The molecule has 2 N–H and O–H groups in total. The summed E-state index contributed by atoms with van der Waals surface area (Å²) in [6, 6.07) is 13.0. The van der Waals surface area contributed by atoms with Crippen LogP contribution in [0.1, 0.15) is 32.2 Å². The number of halogens is 1. The summed E-state index contributed by atoms with van der Waals surface area (Å²) in [7, 11) is 1.46. The van der Waals surface area contributed by atoms with E-state index < -0.39 is 5.91 Å². The third-order valence-electron chi connectivity index (χ3n) is 4.93. The summed E-state index contributed by atoms with van der Waals surface area (Å²) in [5.41, 5.74) is 9.19. The highest BCUT2D eigenvalue weighted by Gasteiger charge is 2.19. The number of nitrogens with two attached hydrogens (primary N) is 1. The predicted molar refractivity (Wildman–Crippen MR) is 113 cm³/mol. The third-order valence-corrected chi connectivity index (χ3v) is 6.11. The van der Waals surface area contributed by atoms with Crippen LogP contribution in [-0.4, -0.2) is 22.8 Å². The van der Waals surface area contributed by atoms with E-state index in [0.29, 0.717) is 17.7 Å². The Labute approximate surface area is 171 Å². The lowest BCUT2D eigenvalue weighted by Gasteiger charge is -2.06. The molecular weight excluding hydrogens is 389 g/mol. The van der Waals surface area contributed by atoms with Crippen LogP contribution in [0.4, 0.5) is 4.39 Å². The van der Waals surface area contributed by atoms with Crippen LogP contribution in [0, 0.1) is 19.7 Å². The Hall–Kier alpha value is -3.19. The van der Waals surface area contributed by atoms with E-state index in [4.69, 9.17) is 10.5 Å². The number of fused-ring (bicyclic) bond motifs is 1. The first-order chi connectivity index (χ1) is 13.9. The number of thiophene rings is 1. The van der Waals surface area contributed by atoms with E-state index in [2.05, 4.69) is 11.2 Å². The number of aromatic nitrogens is 2. The molecule has 2 aromatic carbocycles. The molecule has 7 heteroatoms. The number of carbonyl (C=O) groups excluding carboxylic acids is 1. The van der Waals surface area contributed by atoms with E-state index in [0.717, 1.165) is 31.9 Å². The van der Waals surface area contributed by atoms with Crippen molar-refractivity contribution in [2.45, 2.75) is 20.3 Å². The highest BCUT2D eigenvalue weighted by Crippen LogP contribution is 2.34. The van der Waals surface area contributed by atoms with E-state index in [1.54, 1.807) is 35.1 Å². The van der Waals surface area contributed by atoms with Crippen LogP contribution >= 0.6 is 11.3 Å². The molecular formula is C22H20FN3O2S. The van der Waals surface area contributed by atoms with Gasteiger partial charge in [-0.3, -0.25) is 4.79 Å². The second-order valence-corrected chi connectivity index (χ2v) is 8.01. The smallest absolute Gasteiger partial charge is 0.252 e.